The number of aliphatic hydroxyl groups is 1. The Morgan fingerprint density at radius 3 is 2.00 bits per heavy atom. The number of unbranched alkanes of at least 4 members (excludes halogenated alkanes) is 1. The van der Waals surface area contributed by atoms with Crippen LogP contribution in [-0.4, -0.2) is 11.7 Å². The topological polar surface area (TPSA) is 20.2 Å². The molecule has 1 atom stereocenters. The van der Waals surface area contributed by atoms with Crippen molar-refractivity contribution in [1.29, 1.82) is 0 Å². The molecule has 1 heteroatoms. The highest BCUT2D eigenvalue weighted by Gasteiger charge is 2.01. The van der Waals surface area contributed by atoms with E-state index in [1.54, 1.807) is 0 Å². The van der Waals surface area contributed by atoms with Gasteiger partial charge in [-0.05, 0) is 12.3 Å². The van der Waals surface area contributed by atoms with Crippen molar-refractivity contribution in [3.8, 4) is 0 Å². The van der Waals surface area contributed by atoms with Gasteiger partial charge in [0.05, 0.1) is 0 Å². The number of aliphatic hydroxyl groups excluding tert-OH is 1. The Labute approximate surface area is 71.8 Å². The van der Waals surface area contributed by atoms with E-state index in [0.29, 0.717) is 12.5 Å². The van der Waals surface area contributed by atoms with Crippen LogP contribution in [0, 0.1) is 5.92 Å². The zero-order valence-electron chi connectivity index (χ0n) is 8.56. The Kier molecular flexibility index (Phi) is 15.5. The largest absolute Gasteiger partial charge is 0.396 e. The van der Waals surface area contributed by atoms with Crippen molar-refractivity contribution in [1.82, 2.24) is 0 Å². The van der Waals surface area contributed by atoms with Crippen molar-refractivity contribution < 1.29 is 5.11 Å². The second-order valence-corrected chi connectivity index (χ2v) is 2.60. The summed E-state index contributed by atoms with van der Waals surface area (Å²) in [4.78, 5) is 0. The fraction of sp³-hybridized carbons (Fsp3) is 1.00. The lowest BCUT2D eigenvalue weighted by molar-refractivity contribution is 0.212. The van der Waals surface area contributed by atoms with Crippen molar-refractivity contribution in [2.45, 2.75) is 53.4 Å². The Morgan fingerprint density at radius 1 is 1.18 bits per heavy atom. The van der Waals surface area contributed by atoms with Gasteiger partial charge in [0.15, 0.2) is 0 Å². The van der Waals surface area contributed by atoms with E-state index < -0.39 is 0 Å². The zero-order valence-corrected chi connectivity index (χ0v) is 8.56. The van der Waals surface area contributed by atoms with Gasteiger partial charge in [-0.25, -0.2) is 0 Å². The van der Waals surface area contributed by atoms with E-state index in [-0.39, 0.29) is 0 Å². The molecule has 0 heterocycles. The van der Waals surface area contributed by atoms with Crippen LogP contribution in [0.15, 0.2) is 0 Å². The summed E-state index contributed by atoms with van der Waals surface area (Å²) in [5.41, 5.74) is 0. The summed E-state index contributed by atoms with van der Waals surface area (Å²) in [6.45, 7) is 8.69. The van der Waals surface area contributed by atoms with Crippen molar-refractivity contribution in [2.24, 2.45) is 5.92 Å². The van der Waals surface area contributed by atoms with Crippen LogP contribution in [0.4, 0.5) is 0 Å². The van der Waals surface area contributed by atoms with Crippen LogP contribution in [0.1, 0.15) is 53.4 Å². The van der Waals surface area contributed by atoms with E-state index in [2.05, 4.69) is 13.8 Å². The molecule has 0 spiro atoms. The van der Waals surface area contributed by atoms with Gasteiger partial charge in [-0.2, -0.15) is 0 Å². The molecule has 0 aliphatic rings. The predicted octanol–water partition coefficient (Wildman–Crippen LogP) is 3.22. The van der Waals surface area contributed by atoms with E-state index in [9.17, 15) is 0 Å². The second kappa shape index (κ2) is 12.6. The molecule has 0 rings (SSSR count). The Hall–Kier alpha value is -0.0400. The third kappa shape index (κ3) is 9.96. The zero-order chi connectivity index (χ0) is 9.11. The van der Waals surface area contributed by atoms with E-state index >= 15 is 0 Å². The lowest BCUT2D eigenvalue weighted by Crippen LogP contribution is -2.03. The maximum absolute atomic E-state index is 8.75. The van der Waals surface area contributed by atoms with Gasteiger partial charge in [0.1, 0.15) is 0 Å². The lowest BCUT2D eigenvalue weighted by atomic mass is 10.0. The first-order valence-electron chi connectivity index (χ1n) is 4.96. The summed E-state index contributed by atoms with van der Waals surface area (Å²) >= 11 is 0. The van der Waals surface area contributed by atoms with Crippen LogP contribution < -0.4 is 0 Å². The Balaban J connectivity index is 0. The first-order valence-corrected chi connectivity index (χ1v) is 4.96. The quantitative estimate of drug-likeness (QED) is 0.654. The molecule has 1 unspecified atom stereocenters. The molecule has 0 saturated carbocycles. The highest BCUT2D eigenvalue weighted by molar-refractivity contribution is 4.53. The minimum atomic E-state index is 0.372. The summed E-state index contributed by atoms with van der Waals surface area (Å²) in [5, 5.41) is 8.75. The second-order valence-electron chi connectivity index (χ2n) is 2.60. The first kappa shape index (κ1) is 13.5. The van der Waals surface area contributed by atoms with Gasteiger partial charge in [-0.1, -0.05) is 47.0 Å². The molecule has 11 heavy (non-hydrogen) atoms. The van der Waals surface area contributed by atoms with Crippen molar-refractivity contribution >= 4 is 0 Å². The number of hydrogen-bond donors (Lipinski definition) is 1. The first-order chi connectivity index (χ1) is 5.35. The van der Waals surface area contributed by atoms with Gasteiger partial charge in [0, 0.05) is 6.61 Å². The third-order valence-corrected chi connectivity index (χ3v) is 1.80. The van der Waals surface area contributed by atoms with E-state index in [0.717, 1.165) is 6.42 Å². The lowest BCUT2D eigenvalue weighted by Gasteiger charge is -2.08. The van der Waals surface area contributed by atoms with Crippen LogP contribution in [-0.2, 0) is 0 Å². The van der Waals surface area contributed by atoms with Crippen LogP contribution in [0.3, 0.4) is 0 Å². The minimum absolute atomic E-state index is 0.372. The van der Waals surface area contributed by atoms with Crippen molar-refractivity contribution in [3.05, 3.63) is 0 Å². The van der Waals surface area contributed by atoms with Gasteiger partial charge < -0.3 is 5.11 Å². The van der Waals surface area contributed by atoms with Crippen LogP contribution >= 0.6 is 0 Å². The van der Waals surface area contributed by atoms with Crippen LogP contribution in [0.25, 0.3) is 0 Å². The molecule has 0 radical (unpaired) electrons. The van der Waals surface area contributed by atoms with Gasteiger partial charge in [-0.3, -0.25) is 0 Å². The maximum Gasteiger partial charge on any atom is 0.0459 e. The molecular formula is C10H24O. The fourth-order valence-corrected chi connectivity index (χ4v) is 0.917. The van der Waals surface area contributed by atoms with E-state index in [1.165, 1.54) is 19.3 Å². The van der Waals surface area contributed by atoms with Gasteiger partial charge in [-0.15, -0.1) is 0 Å². The van der Waals surface area contributed by atoms with Gasteiger partial charge in [0.25, 0.3) is 0 Å². The third-order valence-electron chi connectivity index (χ3n) is 1.80. The molecule has 0 bridgehead atoms. The number of hydrogen-bond acceptors (Lipinski definition) is 1. The molecule has 0 aromatic carbocycles. The average Bonchev–Trinajstić information content (AvgIpc) is 2.10. The molecule has 0 amide bonds. The van der Waals surface area contributed by atoms with Crippen molar-refractivity contribution in [2.75, 3.05) is 6.61 Å². The molecule has 0 aliphatic heterocycles. The monoisotopic (exact) mass is 160 g/mol. The summed E-state index contributed by atoms with van der Waals surface area (Å²) in [5.74, 6) is 0.560. The van der Waals surface area contributed by atoms with Gasteiger partial charge in [0.2, 0.25) is 0 Å². The standard InChI is InChI=1S/C8H18O.C2H6/c1-3-5-6-8(4-2)7-9;1-2/h8-9H,3-7H2,1-2H3;1-2H3. The summed E-state index contributed by atoms with van der Waals surface area (Å²) in [6.07, 6.45) is 4.83. The molecule has 0 fully saturated rings. The molecule has 0 saturated heterocycles. The highest BCUT2D eigenvalue weighted by atomic mass is 16.3. The van der Waals surface area contributed by atoms with Gasteiger partial charge >= 0.3 is 0 Å². The SMILES string of the molecule is CC.CCCCC(CC)CO. The summed E-state index contributed by atoms with van der Waals surface area (Å²) < 4.78 is 0. The smallest absolute Gasteiger partial charge is 0.0459 e. The average molecular weight is 160 g/mol. The fourth-order valence-electron chi connectivity index (χ4n) is 0.917. The normalized spacial score (nSPS) is 11.7. The maximum atomic E-state index is 8.75. The molecule has 70 valence electrons. The molecule has 0 aliphatic carbocycles. The van der Waals surface area contributed by atoms with E-state index in [1.807, 2.05) is 13.8 Å². The highest BCUT2D eigenvalue weighted by Crippen LogP contribution is 2.10. The Bertz CT molecular complexity index is 48.8. The molecule has 0 aromatic rings. The number of rotatable bonds is 5. The molecular weight excluding hydrogens is 136 g/mol. The van der Waals surface area contributed by atoms with Crippen molar-refractivity contribution in [3.63, 3.8) is 0 Å². The van der Waals surface area contributed by atoms with E-state index in [4.69, 9.17) is 5.11 Å². The summed E-state index contributed by atoms with van der Waals surface area (Å²) in [7, 11) is 0. The minimum Gasteiger partial charge on any atom is -0.396 e. The molecule has 1 nitrogen and oxygen atoms in total. The predicted molar refractivity (Wildman–Crippen MR) is 51.7 cm³/mol. The molecule has 0 aromatic heterocycles. The van der Waals surface area contributed by atoms with Crippen LogP contribution in [0.5, 0.6) is 0 Å². The molecule has 1 N–H and O–H groups in total. The van der Waals surface area contributed by atoms with Crippen LogP contribution in [0.2, 0.25) is 0 Å². The summed E-state index contributed by atoms with van der Waals surface area (Å²) in [6, 6.07) is 0. The Morgan fingerprint density at radius 2 is 1.73 bits per heavy atom.